The summed E-state index contributed by atoms with van der Waals surface area (Å²) in [6.07, 6.45) is 1.03. The molecule has 2 aromatic heterocycles. The molecule has 32 heavy (non-hydrogen) atoms. The van der Waals surface area contributed by atoms with Gasteiger partial charge in [0.15, 0.2) is 0 Å². The molecule has 1 saturated heterocycles. The highest BCUT2D eigenvalue weighted by Crippen LogP contribution is 2.45. The Balaban J connectivity index is 1.78. The number of aromatic nitrogens is 3. The van der Waals surface area contributed by atoms with Gasteiger partial charge in [0.1, 0.15) is 11.4 Å². The minimum atomic E-state index is -4.68. The van der Waals surface area contributed by atoms with E-state index in [9.17, 15) is 18.0 Å². The number of rotatable bonds is 4. The second-order valence-electron chi connectivity index (χ2n) is 7.92. The second-order valence-corrected chi connectivity index (χ2v) is 7.92. The van der Waals surface area contributed by atoms with Crippen LogP contribution in [0.4, 0.5) is 24.7 Å². The summed E-state index contributed by atoms with van der Waals surface area (Å²) in [6, 6.07) is 7.18. The van der Waals surface area contributed by atoms with E-state index in [-0.39, 0.29) is 24.7 Å². The van der Waals surface area contributed by atoms with Gasteiger partial charge in [0, 0.05) is 49.6 Å². The van der Waals surface area contributed by atoms with E-state index in [2.05, 4.69) is 10.1 Å². The third-order valence-corrected chi connectivity index (χ3v) is 5.81. The van der Waals surface area contributed by atoms with Crippen LogP contribution in [0.2, 0.25) is 0 Å². The van der Waals surface area contributed by atoms with Gasteiger partial charge >= 0.3 is 6.18 Å². The summed E-state index contributed by atoms with van der Waals surface area (Å²) in [5, 5.41) is 4.14. The summed E-state index contributed by atoms with van der Waals surface area (Å²) in [5.41, 5.74) is 12.8. The summed E-state index contributed by atoms with van der Waals surface area (Å²) in [6.45, 7) is 0.530. The van der Waals surface area contributed by atoms with E-state index in [0.29, 0.717) is 24.0 Å². The molecular weight excluding hydrogens is 421 g/mol. The van der Waals surface area contributed by atoms with Crippen molar-refractivity contribution in [3.05, 3.63) is 48.4 Å². The molecule has 1 aliphatic heterocycles. The Bertz CT molecular complexity index is 1130. The number of anilines is 2. The number of alkyl halides is 3. The molecule has 4 N–H and O–H groups in total. The Morgan fingerprint density at radius 1 is 1.06 bits per heavy atom. The lowest BCUT2D eigenvalue weighted by molar-refractivity contribution is -0.136. The minimum absolute atomic E-state index is 0.0120. The van der Waals surface area contributed by atoms with Crippen LogP contribution in [0, 0.1) is 5.92 Å². The molecule has 0 saturated carbocycles. The van der Waals surface area contributed by atoms with E-state index in [1.165, 1.54) is 6.20 Å². The summed E-state index contributed by atoms with van der Waals surface area (Å²) in [5.74, 6) is -1.34. The average molecular weight is 444 g/mol. The van der Waals surface area contributed by atoms with Gasteiger partial charge in [-0.2, -0.15) is 18.3 Å². The van der Waals surface area contributed by atoms with Gasteiger partial charge in [0.2, 0.25) is 5.91 Å². The van der Waals surface area contributed by atoms with Crippen LogP contribution in [0.5, 0.6) is 0 Å². The Kier molecular flexibility index (Phi) is 5.53. The molecule has 4 rings (SSSR count). The van der Waals surface area contributed by atoms with E-state index in [4.69, 9.17) is 11.5 Å². The zero-order valence-corrected chi connectivity index (χ0v) is 17.4. The molecule has 0 spiro atoms. The van der Waals surface area contributed by atoms with Crippen molar-refractivity contribution in [2.45, 2.75) is 19.0 Å². The number of hydrogen-bond acceptors (Lipinski definition) is 5. The van der Waals surface area contributed by atoms with Gasteiger partial charge in [-0.3, -0.25) is 9.48 Å². The molecule has 1 aromatic carbocycles. The number of amides is 1. The SMILES string of the molecule is Cn1cc(-c2ccc(-c3cnc(N)c(C(F)(F)F)c3N3CCC(C(N)=O)CC3)cc2)cn1. The van der Waals surface area contributed by atoms with Crippen LogP contribution in [-0.4, -0.2) is 33.8 Å². The number of nitrogens with zero attached hydrogens (tertiary/aromatic N) is 4. The van der Waals surface area contributed by atoms with Gasteiger partial charge in [0.25, 0.3) is 0 Å². The van der Waals surface area contributed by atoms with E-state index < -0.39 is 23.5 Å². The monoisotopic (exact) mass is 444 g/mol. The second kappa shape index (κ2) is 8.18. The number of primary amides is 1. The molecule has 7 nitrogen and oxygen atoms in total. The Morgan fingerprint density at radius 2 is 1.69 bits per heavy atom. The fourth-order valence-electron chi connectivity index (χ4n) is 4.14. The molecule has 3 aromatic rings. The van der Waals surface area contributed by atoms with Crippen molar-refractivity contribution in [3.63, 3.8) is 0 Å². The molecular formula is C22H23F3N6O. The van der Waals surface area contributed by atoms with Crippen molar-refractivity contribution in [2.75, 3.05) is 23.7 Å². The summed E-state index contributed by atoms with van der Waals surface area (Å²) >= 11 is 0. The van der Waals surface area contributed by atoms with Crippen molar-refractivity contribution >= 4 is 17.4 Å². The highest BCUT2D eigenvalue weighted by Gasteiger charge is 2.40. The van der Waals surface area contributed by atoms with Gasteiger partial charge in [-0.25, -0.2) is 4.98 Å². The van der Waals surface area contributed by atoms with Gasteiger partial charge in [-0.15, -0.1) is 0 Å². The first-order valence-electron chi connectivity index (χ1n) is 10.1. The molecule has 0 atom stereocenters. The number of carbonyl (C=O) groups excluding carboxylic acids is 1. The molecule has 0 unspecified atom stereocenters. The van der Waals surface area contributed by atoms with Crippen LogP contribution in [0.25, 0.3) is 22.3 Å². The predicted molar refractivity (Wildman–Crippen MR) is 115 cm³/mol. The molecule has 3 heterocycles. The van der Waals surface area contributed by atoms with Gasteiger partial charge in [0.05, 0.1) is 11.9 Å². The molecule has 1 fully saturated rings. The number of carbonyl (C=O) groups is 1. The number of pyridine rings is 1. The van der Waals surface area contributed by atoms with Gasteiger partial charge in [-0.1, -0.05) is 24.3 Å². The number of piperidine rings is 1. The summed E-state index contributed by atoms with van der Waals surface area (Å²) < 4.78 is 43.7. The first kappa shape index (κ1) is 21.7. The summed E-state index contributed by atoms with van der Waals surface area (Å²) in [7, 11) is 1.81. The largest absolute Gasteiger partial charge is 0.421 e. The van der Waals surface area contributed by atoms with Crippen molar-refractivity contribution in [2.24, 2.45) is 18.7 Å². The molecule has 0 radical (unpaired) electrons. The average Bonchev–Trinajstić information content (AvgIpc) is 3.19. The lowest BCUT2D eigenvalue weighted by Crippen LogP contribution is -2.39. The maximum absolute atomic E-state index is 14.0. The van der Waals surface area contributed by atoms with Gasteiger partial charge < -0.3 is 16.4 Å². The third-order valence-electron chi connectivity index (χ3n) is 5.81. The van der Waals surface area contributed by atoms with Crippen molar-refractivity contribution < 1.29 is 18.0 Å². The zero-order chi connectivity index (χ0) is 23.0. The number of halogens is 3. The highest BCUT2D eigenvalue weighted by molar-refractivity contribution is 5.85. The summed E-state index contributed by atoms with van der Waals surface area (Å²) in [4.78, 5) is 17.0. The van der Waals surface area contributed by atoms with Crippen molar-refractivity contribution in [1.82, 2.24) is 14.8 Å². The number of hydrogen-bond donors (Lipinski definition) is 2. The Hall–Kier alpha value is -3.56. The number of aryl methyl sites for hydroxylation is 1. The lowest BCUT2D eigenvalue weighted by atomic mass is 9.93. The van der Waals surface area contributed by atoms with Crippen LogP contribution in [0.1, 0.15) is 18.4 Å². The number of nitrogens with two attached hydrogens (primary N) is 2. The number of nitrogen functional groups attached to an aromatic ring is 1. The molecule has 10 heteroatoms. The van der Waals surface area contributed by atoms with E-state index in [0.717, 1.165) is 11.1 Å². The maximum Gasteiger partial charge on any atom is 0.421 e. The van der Waals surface area contributed by atoms with Crippen LogP contribution >= 0.6 is 0 Å². The standard InChI is InChI=1S/C22H23F3N6O/c1-30-12-16(10-29-30)13-2-4-14(5-3-13)17-11-28-20(26)18(22(23,24)25)19(17)31-8-6-15(7-9-31)21(27)32/h2-5,10-12,15H,6-9H2,1H3,(H2,26,28)(H2,27,32). The lowest BCUT2D eigenvalue weighted by Gasteiger charge is -2.35. The minimum Gasteiger partial charge on any atom is -0.383 e. The smallest absolute Gasteiger partial charge is 0.383 e. The van der Waals surface area contributed by atoms with E-state index in [1.54, 1.807) is 27.9 Å². The van der Waals surface area contributed by atoms with Crippen LogP contribution in [-0.2, 0) is 18.0 Å². The Morgan fingerprint density at radius 3 is 2.22 bits per heavy atom. The Labute approximate surface area is 182 Å². The predicted octanol–water partition coefficient (Wildman–Crippen LogP) is 3.45. The van der Waals surface area contributed by atoms with Crippen LogP contribution in [0.3, 0.4) is 0 Å². The highest BCUT2D eigenvalue weighted by atomic mass is 19.4. The number of benzene rings is 1. The zero-order valence-electron chi connectivity index (χ0n) is 17.4. The topological polar surface area (TPSA) is 103 Å². The van der Waals surface area contributed by atoms with Crippen LogP contribution in [0.15, 0.2) is 42.9 Å². The van der Waals surface area contributed by atoms with Crippen molar-refractivity contribution in [1.29, 1.82) is 0 Å². The van der Waals surface area contributed by atoms with E-state index in [1.807, 2.05) is 25.4 Å². The quantitative estimate of drug-likeness (QED) is 0.642. The first-order chi connectivity index (χ1) is 15.1. The first-order valence-corrected chi connectivity index (χ1v) is 10.1. The molecule has 0 aliphatic carbocycles. The van der Waals surface area contributed by atoms with Crippen LogP contribution < -0.4 is 16.4 Å². The molecule has 168 valence electrons. The molecule has 1 aliphatic rings. The van der Waals surface area contributed by atoms with Gasteiger partial charge in [-0.05, 0) is 24.0 Å². The molecule has 1 amide bonds. The maximum atomic E-state index is 14.0. The van der Waals surface area contributed by atoms with Crippen molar-refractivity contribution in [3.8, 4) is 22.3 Å². The normalized spacial score (nSPS) is 15.2. The fourth-order valence-corrected chi connectivity index (χ4v) is 4.14. The molecule has 0 bridgehead atoms. The fraction of sp³-hybridized carbons (Fsp3) is 0.318. The third kappa shape index (κ3) is 4.12. The van der Waals surface area contributed by atoms with E-state index >= 15 is 0 Å².